The number of hydrogen-bond acceptors (Lipinski definition) is 3. The molecule has 2 aromatic rings. The van der Waals surface area contributed by atoms with Gasteiger partial charge < -0.3 is 15.4 Å². The van der Waals surface area contributed by atoms with E-state index in [9.17, 15) is 4.79 Å². The second-order valence-corrected chi connectivity index (χ2v) is 5.55. The minimum absolute atomic E-state index is 0.233. The van der Waals surface area contributed by atoms with E-state index in [1.54, 1.807) is 12.1 Å². The largest absolute Gasteiger partial charge is 0.457 e. The molecule has 0 saturated heterocycles. The number of amides is 1. The number of ether oxygens (including phenoxy) is 1. The highest BCUT2D eigenvalue weighted by atomic mass is 32.1. The van der Waals surface area contributed by atoms with Gasteiger partial charge in [0.1, 0.15) is 11.5 Å². The Bertz CT molecular complexity index is 684. The average Bonchev–Trinajstić information content (AvgIpc) is 3.32. The van der Waals surface area contributed by atoms with Crippen molar-refractivity contribution in [1.29, 1.82) is 0 Å². The van der Waals surface area contributed by atoms with Gasteiger partial charge in [-0.25, -0.2) is 0 Å². The van der Waals surface area contributed by atoms with Crippen LogP contribution in [0.25, 0.3) is 0 Å². The molecule has 2 aromatic carbocycles. The van der Waals surface area contributed by atoms with E-state index in [-0.39, 0.29) is 10.9 Å². The van der Waals surface area contributed by atoms with Crippen molar-refractivity contribution in [3.8, 4) is 11.5 Å². The van der Waals surface area contributed by atoms with E-state index in [0.29, 0.717) is 17.5 Å². The highest BCUT2D eigenvalue weighted by molar-refractivity contribution is 7.82. The van der Waals surface area contributed by atoms with Gasteiger partial charge in [0.05, 0.1) is 0 Å². The number of hydrogen-bond donors (Lipinski definition) is 2. The summed E-state index contributed by atoms with van der Waals surface area (Å²) in [6.45, 7) is 0. The Labute approximate surface area is 134 Å². The topological polar surface area (TPSA) is 50.4 Å². The van der Waals surface area contributed by atoms with E-state index >= 15 is 0 Å². The molecule has 1 fully saturated rings. The first-order valence-electron chi connectivity index (χ1n) is 7.15. The third-order valence-electron chi connectivity index (χ3n) is 3.19. The van der Waals surface area contributed by atoms with Crippen LogP contribution in [0.5, 0.6) is 11.5 Å². The fourth-order valence-corrected chi connectivity index (χ4v) is 2.15. The number of carbonyl (C=O) groups is 1. The average molecular weight is 312 g/mol. The molecular formula is C17H16N2O2S. The lowest BCUT2D eigenvalue weighted by Crippen LogP contribution is -2.35. The normalized spacial score (nSPS) is 13.3. The van der Waals surface area contributed by atoms with Gasteiger partial charge in [-0.3, -0.25) is 4.79 Å². The number of carbonyl (C=O) groups excluding carboxylic acids is 1. The van der Waals surface area contributed by atoms with Crippen LogP contribution in [-0.4, -0.2) is 16.9 Å². The summed E-state index contributed by atoms with van der Waals surface area (Å²) in [7, 11) is 0. The highest BCUT2D eigenvalue weighted by Gasteiger charge is 2.24. The van der Waals surface area contributed by atoms with Gasteiger partial charge in [0.15, 0.2) is 4.99 Å². The van der Waals surface area contributed by atoms with E-state index in [1.165, 1.54) is 0 Å². The lowest BCUT2D eigenvalue weighted by molar-refractivity contribution is -0.110. The first kappa shape index (κ1) is 14.5. The Morgan fingerprint density at radius 2 is 1.77 bits per heavy atom. The zero-order valence-corrected chi connectivity index (χ0v) is 12.7. The molecule has 112 valence electrons. The Kier molecular flexibility index (Phi) is 4.34. The van der Waals surface area contributed by atoms with E-state index < -0.39 is 0 Å². The summed E-state index contributed by atoms with van der Waals surface area (Å²) in [5.41, 5.74) is 0.651. The molecule has 1 aliphatic rings. The molecule has 1 aliphatic carbocycles. The molecule has 0 aliphatic heterocycles. The lowest BCUT2D eigenvalue weighted by Gasteiger charge is -2.10. The number of rotatable bonds is 4. The predicted octanol–water partition coefficient (Wildman–Crippen LogP) is 3.50. The summed E-state index contributed by atoms with van der Waals surface area (Å²) in [5.74, 6) is 1.11. The molecule has 0 aromatic heterocycles. The van der Waals surface area contributed by atoms with Crippen LogP contribution in [0, 0.1) is 0 Å². The first-order chi connectivity index (χ1) is 10.7. The fraction of sp³-hybridized carbons (Fsp3) is 0.176. The molecule has 5 heteroatoms. The van der Waals surface area contributed by atoms with Gasteiger partial charge in [0.25, 0.3) is 5.91 Å². The first-order valence-corrected chi connectivity index (χ1v) is 7.56. The fourth-order valence-electron chi connectivity index (χ4n) is 1.93. The van der Waals surface area contributed by atoms with Gasteiger partial charge in [-0.15, -0.1) is 0 Å². The molecule has 0 unspecified atom stereocenters. The van der Waals surface area contributed by atoms with Crippen LogP contribution >= 0.6 is 12.2 Å². The lowest BCUT2D eigenvalue weighted by atomic mass is 10.3. The summed E-state index contributed by atoms with van der Waals surface area (Å²) in [4.78, 5) is 12.2. The second-order valence-electron chi connectivity index (χ2n) is 5.14. The van der Waals surface area contributed by atoms with Crippen LogP contribution in [0.1, 0.15) is 12.8 Å². The Balaban J connectivity index is 1.63. The van der Waals surface area contributed by atoms with Crippen LogP contribution in [0.15, 0.2) is 54.6 Å². The van der Waals surface area contributed by atoms with Crippen molar-refractivity contribution in [2.75, 3.05) is 5.32 Å². The Morgan fingerprint density at radius 1 is 1.05 bits per heavy atom. The zero-order chi connectivity index (χ0) is 15.4. The molecule has 0 spiro atoms. The SMILES string of the molecule is O=C(Nc1cccc(Oc2ccccc2)c1)C(=S)NC1CC1. The number of thiocarbonyl (C=S) groups is 1. The summed E-state index contributed by atoms with van der Waals surface area (Å²) < 4.78 is 5.74. The number of nitrogens with one attached hydrogen (secondary N) is 2. The minimum Gasteiger partial charge on any atom is -0.457 e. The van der Waals surface area contributed by atoms with E-state index in [2.05, 4.69) is 10.6 Å². The number of anilines is 1. The maximum absolute atomic E-state index is 12.0. The molecule has 0 radical (unpaired) electrons. The smallest absolute Gasteiger partial charge is 0.283 e. The summed E-state index contributed by atoms with van der Waals surface area (Å²) in [6.07, 6.45) is 2.15. The van der Waals surface area contributed by atoms with Gasteiger partial charge >= 0.3 is 0 Å². The Hall–Kier alpha value is -2.40. The summed E-state index contributed by atoms with van der Waals surface area (Å²) >= 11 is 5.08. The second kappa shape index (κ2) is 6.58. The Morgan fingerprint density at radius 3 is 2.50 bits per heavy atom. The molecule has 0 bridgehead atoms. The van der Waals surface area contributed by atoms with Crippen LogP contribution in [0.2, 0.25) is 0 Å². The zero-order valence-electron chi connectivity index (χ0n) is 11.9. The van der Waals surface area contributed by atoms with E-state index in [1.807, 2.05) is 42.5 Å². The minimum atomic E-state index is -0.293. The monoisotopic (exact) mass is 312 g/mol. The number of benzene rings is 2. The molecule has 3 rings (SSSR count). The summed E-state index contributed by atoms with van der Waals surface area (Å²) in [6, 6.07) is 17.1. The van der Waals surface area contributed by atoms with Gasteiger partial charge in [-0.1, -0.05) is 36.5 Å². The van der Waals surface area contributed by atoms with Crippen molar-refractivity contribution in [2.24, 2.45) is 0 Å². The van der Waals surface area contributed by atoms with Crippen molar-refractivity contribution in [1.82, 2.24) is 5.32 Å². The van der Waals surface area contributed by atoms with Crippen molar-refractivity contribution >= 4 is 28.8 Å². The van der Waals surface area contributed by atoms with Gasteiger partial charge in [-0.05, 0) is 37.1 Å². The van der Waals surface area contributed by atoms with Gasteiger partial charge in [0.2, 0.25) is 0 Å². The van der Waals surface area contributed by atoms with E-state index in [4.69, 9.17) is 17.0 Å². The van der Waals surface area contributed by atoms with Crippen LogP contribution < -0.4 is 15.4 Å². The van der Waals surface area contributed by atoms with Crippen LogP contribution in [-0.2, 0) is 4.79 Å². The maximum Gasteiger partial charge on any atom is 0.283 e. The van der Waals surface area contributed by atoms with Crippen molar-refractivity contribution in [2.45, 2.75) is 18.9 Å². The molecule has 22 heavy (non-hydrogen) atoms. The molecule has 0 atom stereocenters. The van der Waals surface area contributed by atoms with Gasteiger partial charge in [0, 0.05) is 17.8 Å². The van der Waals surface area contributed by atoms with Crippen LogP contribution in [0.4, 0.5) is 5.69 Å². The molecule has 1 amide bonds. The maximum atomic E-state index is 12.0. The third kappa shape index (κ3) is 4.05. The summed E-state index contributed by atoms with van der Waals surface area (Å²) in [5, 5.41) is 5.79. The van der Waals surface area contributed by atoms with Crippen LogP contribution in [0.3, 0.4) is 0 Å². The van der Waals surface area contributed by atoms with Crippen molar-refractivity contribution < 1.29 is 9.53 Å². The van der Waals surface area contributed by atoms with Crippen molar-refractivity contribution in [3.63, 3.8) is 0 Å². The predicted molar refractivity (Wildman–Crippen MR) is 90.3 cm³/mol. The molecule has 4 nitrogen and oxygen atoms in total. The molecule has 1 saturated carbocycles. The number of para-hydroxylation sites is 1. The van der Waals surface area contributed by atoms with Crippen molar-refractivity contribution in [3.05, 3.63) is 54.6 Å². The van der Waals surface area contributed by atoms with Gasteiger partial charge in [-0.2, -0.15) is 0 Å². The molecule has 2 N–H and O–H groups in total. The molecule has 0 heterocycles. The molecular weight excluding hydrogens is 296 g/mol. The van der Waals surface area contributed by atoms with E-state index in [0.717, 1.165) is 18.6 Å². The quantitative estimate of drug-likeness (QED) is 0.849. The highest BCUT2D eigenvalue weighted by Crippen LogP contribution is 2.24. The third-order valence-corrected chi connectivity index (χ3v) is 3.49. The standard InChI is InChI=1S/C17H16N2O2S/c20-16(17(22)19-12-9-10-12)18-13-5-4-8-15(11-13)21-14-6-2-1-3-7-14/h1-8,11-12H,9-10H2,(H,18,20)(H,19,22).